The van der Waals surface area contributed by atoms with Gasteiger partial charge in [0.1, 0.15) is 0 Å². The number of thioether (sulfide) groups is 1. The molecule has 2 amide bonds. The number of carbonyl (C=O) groups excluding carboxylic acids is 2. The second-order valence-corrected chi connectivity index (χ2v) is 6.66. The molecule has 0 saturated carbocycles. The number of piperidine rings is 1. The monoisotopic (exact) mass is 333 g/mol. The number of nitrogens with one attached hydrogen (secondary N) is 2. The normalized spacial score (nSPS) is 23.4. The van der Waals surface area contributed by atoms with Crippen LogP contribution in [0.2, 0.25) is 0 Å². The molecule has 8 heteroatoms. The van der Waals surface area contributed by atoms with Crippen molar-refractivity contribution in [2.24, 2.45) is 5.92 Å². The van der Waals surface area contributed by atoms with Gasteiger partial charge < -0.3 is 10.2 Å². The lowest BCUT2D eigenvalue weighted by Crippen LogP contribution is -2.39. The Bertz CT molecular complexity index is 647. The average molecular weight is 333 g/mol. The average Bonchev–Trinajstić information content (AvgIpc) is 2.86. The van der Waals surface area contributed by atoms with E-state index in [1.807, 2.05) is 7.05 Å². The van der Waals surface area contributed by atoms with E-state index in [0.717, 1.165) is 37.8 Å². The highest BCUT2D eigenvalue weighted by atomic mass is 32.2. The number of hydrogen-bond donors (Lipinski definition) is 2. The van der Waals surface area contributed by atoms with Crippen LogP contribution in [0.1, 0.15) is 18.5 Å². The fourth-order valence-corrected chi connectivity index (χ4v) is 3.52. The number of rotatable bonds is 4. The van der Waals surface area contributed by atoms with E-state index in [4.69, 9.17) is 0 Å². The van der Waals surface area contributed by atoms with Gasteiger partial charge in [-0.15, -0.1) is 0 Å². The van der Waals surface area contributed by atoms with Crippen molar-refractivity contribution >= 4 is 34.9 Å². The molecular formula is C15H19N5O2S. The minimum absolute atomic E-state index is 0.346. The van der Waals surface area contributed by atoms with Crippen LogP contribution in [0.3, 0.4) is 0 Å². The number of hydrogen-bond acceptors (Lipinski definition) is 7. The Hall–Kier alpha value is -1.93. The summed E-state index contributed by atoms with van der Waals surface area (Å²) in [5.41, 5.74) is 0.637. The van der Waals surface area contributed by atoms with Crippen LogP contribution in [0.15, 0.2) is 17.2 Å². The summed E-state index contributed by atoms with van der Waals surface area (Å²) in [5.74, 6) is 0.898. The maximum atomic E-state index is 11.6. The van der Waals surface area contributed by atoms with E-state index in [2.05, 4.69) is 25.5 Å². The molecule has 0 bridgehead atoms. The molecule has 1 unspecified atom stereocenters. The predicted molar refractivity (Wildman–Crippen MR) is 90.0 cm³/mol. The van der Waals surface area contributed by atoms with Crippen LogP contribution >= 0.6 is 11.8 Å². The fourth-order valence-electron chi connectivity index (χ4n) is 2.85. The molecule has 2 fully saturated rings. The standard InChI is InChI=1S/C15H19N5O2S/c1-16-8-10-3-2-6-20(9-10)14-17-5-4-11(18-14)7-12-13(21)19-15(22)23-12/h4-5,7,10,16H,2-3,6,8-9H2,1H3,(H,19,21,22)/b12-7+. The summed E-state index contributed by atoms with van der Waals surface area (Å²) in [6, 6.07) is 1.74. The van der Waals surface area contributed by atoms with Crippen LogP contribution in [0.5, 0.6) is 0 Å². The van der Waals surface area contributed by atoms with Crippen LogP contribution < -0.4 is 15.5 Å². The number of aromatic nitrogens is 2. The van der Waals surface area contributed by atoms with Crippen molar-refractivity contribution in [1.29, 1.82) is 0 Å². The molecule has 1 aromatic heterocycles. The highest BCUT2D eigenvalue weighted by Gasteiger charge is 2.25. The van der Waals surface area contributed by atoms with Crippen molar-refractivity contribution in [3.8, 4) is 0 Å². The van der Waals surface area contributed by atoms with Gasteiger partial charge >= 0.3 is 0 Å². The number of nitrogens with zero attached hydrogens (tertiary/aromatic N) is 3. The number of anilines is 1. The van der Waals surface area contributed by atoms with Crippen molar-refractivity contribution in [2.75, 3.05) is 31.6 Å². The van der Waals surface area contributed by atoms with Gasteiger partial charge in [-0.25, -0.2) is 9.97 Å². The van der Waals surface area contributed by atoms with Gasteiger partial charge in [-0.05, 0) is 56.3 Å². The first-order valence-corrected chi connectivity index (χ1v) is 8.45. The smallest absolute Gasteiger partial charge is 0.290 e. The van der Waals surface area contributed by atoms with Crippen LogP contribution in [0, 0.1) is 5.92 Å². The molecule has 2 aliphatic heterocycles. The lowest BCUT2D eigenvalue weighted by Gasteiger charge is -2.32. The van der Waals surface area contributed by atoms with E-state index in [0.29, 0.717) is 22.5 Å². The molecule has 0 aliphatic carbocycles. The zero-order valence-corrected chi connectivity index (χ0v) is 13.7. The molecule has 7 nitrogen and oxygen atoms in total. The first-order chi connectivity index (χ1) is 11.2. The van der Waals surface area contributed by atoms with E-state index >= 15 is 0 Å². The maximum absolute atomic E-state index is 11.6. The Morgan fingerprint density at radius 1 is 1.52 bits per heavy atom. The van der Waals surface area contributed by atoms with Crippen molar-refractivity contribution in [3.63, 3.8) is 0 Å². The van der Waals surface area contributed by atoms with Gasteiger partial charge in [0.05, 0.1) is 10.6 Å². The third kappa shape index (κ3) is 3.89. The van der Waals surface area contributed by atoms with Crippen molar-refractivity contribution < 1.29 is 9.59 Å². The Kier molecular flexibility index (Phi) is 4.92. The molecule has 3 rings (SSSR count). The SMILES string of the molecule is CNCC1CCCN(c2nccc(/C=C3/SC(=O)NC3=O)n2)C1. The van der Waals surface area contributed by atoms with Crippen LogP contribution in [0.25, 0.3) is 6.08 Å². The first kappa shape index (κ1) is 15.9. The summed E-state index contributed by atoms with van der Waals surface area (Å²) in [6.07, 6.45) is 5.65. The molecule has 2 aliphatic rings. The van der Waals surface area contributed by atoms with Gasteiger partial charge in [0.15, 0.2) is 0 Å². The third-order valence-electron chi connectivity index (χ3n) is 3.88. The van der Waals surface area contributed by atoms with Crippen LogP contribution in [0.4, 0.5) is 10.7 Å². The largest absolute Gasteiger partial charge is 0.340 e. The minimum atomic E-state index is -0.368. The molecular weight excluding hydrogens is 314 g/mol. The molecule has 0 aromatic carbocycles. The molecule has 1 atom stereocenters. The highest BCUT2D eigenvalue weighted by Crippen LogP contribution is 2.26. The zero-order chi connectivity index (χ0) is 16.2. The van der Waals surface area contributed by atoms with Crippen molar-refractivity contribution in [3.05, 3.63) is 22.9 Å². The quantitative estimate of drug-likeness (QED) is 0.802. The maximum Gasteiger partial charge on any atom is 0.290 e. The third-order valence-corrected chi connectivity index (χ3v) is 4.69. The number of carbonyl (C=O) groups is 2. The first-order valence-electron chi connectivity index (χ1n) is 7.63. The summed E-state index contributed by atoms with van der Waals surface area (Å²) in [7, 11) is 1.97. The molecule has 23 heavy (non-hydrogen) atoms. The van der Waals surface area contributed by atoms with Gasteiger partial charge in [-0.1, -0.05) is 0 Å². The number of amides is 2. The minimum Gasteiger partial charge on any atom is -0.340 e. The summed E-state index contributed by atoms with van der Waals surface area (Å²) in [4.78, 5) is 34.3. The fraction of sp³-hybridized carbons (Fsp3) is 0.467. The Morgan fingerprint density at radius 3 is 3.13 bits per heavy atom. The second-order valence-electron chi connectivity index (χ2n) is 5.65. The van der Waals surface area contributed by atoms with Gasteiger partial charge in [0, 0.05) is 19.3 Å². The van der Waals surface area contributed by atoms with Crippen LogP contribution in [-0.2, 0) is 4.79 Å². The van der Waals surface area contributed by atoms with E-state index in [1.165, 1.54) is 6.42 Å². The highest BCUT2D eigenvalue weighted by molar-refractivity contribution is 8.18. The molecule has 0 radical (unpaired) electrons. The molecule has 1 aromatic rings. The summed E-state index contributed by atoms with van der Waals surface area (Å²) < 4.78 is 0. The molecule has 0 spiro atoms. The molecule has 2 saturated heterocycles. The Balaban J connectivity index is 1.76. The molecule has 3 heterocycles. The van der Waals surface area contributed by atoms with E-state index < -0.39 is 0 Å². The molecule has 122 valence electrons. The summed E-state index contributed by atoms with van der Waals surface area (Å²) in [5, 5.41) is 5.12. The predicted octanol–water partition coefficient (Wildman–Crippen LogP) is 1.24. The Morgan fingerprint density at radius 2 is 2.39 bits per heavy atom. The van der Waals surface area contributed by atoms with Gasteiger partial charge in [-0.3, -0.25) is 14.9 Å². The second kappa shape index (κ2) is 7.10. The topological polar surface area (TPSA) is 87.2 Å². The van der Waals surface area contributed by atoms with E-state index in [9.17, 15) is 9.59 Å². The number of imide groups is 1. The van der Waals surface area contributed by atoms with Gasteiger partial charge in [0.2, 0.25) is 5.95 Å². The van der Waals surface area contributed by atoms with Gasteiger partial charge in [0.25, 0.3) is 11.1 Å². The lowest BCUT2D eigenvalue weighted by molar-refractivity contribution is -0.115. The zero-order valence-electron chi connectivity index (χ0n) is 12.9. The lowest BCUT2D eigenvalue weighted by atomic mass is 9.98. The molecule has 2 N–H and O–H groups in total. The van der Waals surface area contributed by atoms with E-state index in [1.54, 1.807) is 18.3 Å². The summed E-state index contributed by atoms with van der Waals surface area (Å²) in [6.45, 7) is 2.85. The van der Waals surface area contributed by atoms with Crippen molar-refractivity contribution in [2.45, 2.75) is 12.8 Å². The summed E-state index contributed by atoms with van der Waals surface area (Å²) >= 11 is 0.896. The van der Waals surface area contributed by atoms with Gasteiger partial charge in [-0.2, -0.15) is 0 Å². The van der Waals surface area contributed by atoms with Crippen molar-refractivity contribution in [1.82, 2.24) is 20.6 Å². The van der Waals surface area contributed by atoms with Crippen LogP contribution in [-0.4, -0.2) is 47.8 Å². The Labute approximate surface area is 138 Å². The van der Waals surface area contributed by atoms with E-state index in [-0.39, 0.29) is 11.1 Å².